The van der Waals surface area contributed by atoms with Gasteiger partial charge in [-0.3, -0.25) is 10.1 Å². The third-order valence-corrected chi connectivity index (χ3v) is 2.32. The molecule has 1 aromatic rings. The SMILES string of the molecule is C=COCCOc1ccc([N+](=O)[O-])c(C=C(C#N)C#N)c1. The average Bonchev–Trinajstić information content (AvgIpc) is 2.49. The van der Waals surface area contributed by atoms with Gasteiger partial charge in [-0.2, -0.15) is 10.5 Å². The zero-order valence-electron chi connectivity index (χ0n) is 11.0. The molecule has 0 heterocycles. The molecule has 7 nitrogen and oxygen atoms in total. The lowest BCUT2D eigenvalue weighted by Crippen LogP contribution is -2.04. The van der Waals surface area contributed by atoms with Crippen molar-refractivity contribution >= 4 is 11.8 Å². The van der Waals surface area contributed by atoms with Gasteiger partial charge in [0.15, 0.2) is 0 Å². The number of rotatable bonds is 7. The van der Waals surface area contributed by atoms with E-state index >= 15 is 0 Å². The summed E-state index contributed by atoms with van der Waals surface area (Å²) in [4.78, 5) is 10.3. The van der Waals surface area contributed by atoms with Crippen LogP contribution in [0.2, 0.25) is 0 Å². The maximum absolute atomic E-state index is 10.9. The summed E-state index contributed by atoms with van der Waals surface area (Å²) in [6, 6.07) is 7.38. The minimum Gasteiger partial charge on any atom is -0.498 e. The Hall–Kier alpha value is -3.32. The molecule has 0 aliphatic heterocycles. The normalized spacial score (nSPS) is 8.86. The van der Waals surface area contributed by atoms with Crippen molar-refractivity contribution in [1.82, 2.24) is 0 Å². The lowest BCUT2D eigenvalue weighted by molar-refractivity contribution is -0.385. The largest absolute Gasteiger partial charge is 0.498 e. The Morgan fingerprint density at radius 3 is 2.67 bits per heavy atom. The molecule has 0 atom stereocenters. The smallest absolute Gasteiger partial charge is 0.276 e. The molecule has 0 aromatic heterocycles. The third kappa shape index (κ3) is 4.69. The molecule has 0 aliphatic rings. The zero-order chi connectivity index (χ0) is 15.7. The van der Waals surface area contributed by atoms with Crippen LogP contribution in [0.15, 0.2) is 36.6 Å². The molecule has 0 fully saturated rings. The number of hydrogen-bond acceptors (Lipinski definition) is 6. The van der Waals surface area contributed by atoms with Gasteiger partial charge in [0, 0.05) is 6.07 Å². The molecule has 0 N–H and O–H groups in total. The van der Waals surface area contributed by atoms with Crippen LogP contribution in [0.5, 0.6) is 5.75 Å². The van der Waals surface area contributed by atoms with E-state index in [-0.39, 0.29) is 30.0 Å². The van der Waals surface area contributed by atoms with Gasteiger partial charge in [0.1, 0.15) is 36.7 Å². The summed E-state index contributed by atoms with van der Waals surface area (Å²) in [5, 5.41) is 28.4. The first-order valence-electron chi connectivity index (χ1n) is 5.78. The first-order chi connectivity index (χ1) is 10.1. The van der Waals surface area contributed by atoms with Gasteiger partial charge in [0.25, 0.3) is 5.69 Å². The van der Waals surface area contributed by atoms with Crippen molar-refractivity contribution in [3.05, 3.63) is 52.3 Å². The highest BCUT2D eigenvalue weighted by atomic mass is 16.6. The second-order valence-electron chi connectivity index (χ2n) is 3.65. The molecule has 0 bridgehead atoms. The van der Waals surface area contributed by atoms with Crippen molar-refractivity contribution in [2.24, 2.45) is 0 Å². The Kier molecular flexibility index (Phi) is 5.97. The van der Waals surface area contributed by atoms with Gasteiger partial charge in [-0.25, -0.2) is 0 Å². The second kappa shape index (κ2) is 7.97. The summed E-state index contributed by atoms with van der Waals surface area (Å²) in [6.45, 7) is 3.90. The summed E-state index contributed by atoms with van der Waals surface area (Å²) in [5.74, 6) is 0.370. The van der Waals surface area contributed by atoms with E-state index in [0.717, 1.165) is 6.08 Å². The van der Waals surface area contributed by atoms with Crippen LogP contribution in [0.4, 0.5) is 5.69 Å². The predicted octanol–water partition coefficient (Wildman–Crippen LogP) is 2.56. The van der Waals surface area contributed by atoms with Crippen molar-refractivity contribution < 1.29 is 14.4 Å². The highest BCUT2D eigenvalue weighted by Crippen LogP contribution is 2.26. The molecule has 0 amide bonds. The number of nitrogens with zero attached hydrogens (tertiary/aromatic N) is 3. The van der Waals surface area contributed by atoms with Crippen LogP contribution in [-0.2, 0) is 4.74 Å². The van der Waals surface area contributed by atoms with Gasteiger partial charge in [-0.05, 0) is 18.2 Å². The fourth-order valence-corrected chi connectivity index (χ4v) is 1.44. The molecule has 0 saturated heterocycles. The third-order valence-electron chi connectivity index (χ3n) is 2.32. The van der Waals surface area contributed by atoms with E-state index in [1.54, 1.807) is 12.1 Å². The van der Waals surface area contributed by atoms with Crippen LogP contribution in [0.3, 0.4) is 0 Å². The van der Waals surface area contributed by atoms with E-state index in [4.69, 9.17) is 20.0 Å². The van der Waals surface area contributed by atoms with Crippen LogP contribution < -0.4 is 4.74 Å². The molecule has 1 aromatic carbocycles. The lowest BCUT2D eigenvalue weighted by Gasteiger charge is -2.07. The minimum atomic E-state index is -0.594. The molecule has 106 valence electrons. The lowest BCUT2D eigenvalue weighted by atomic mass is 10.1. The Morgan fingerprint density at radius 2 is 2.10 bits per heavy atom. The fraction of sp³-hybridized carbons (Fsp3) is 0.143. The van der Waals surface area contributed by atoms with E-state index in [1.807, 2.05) is 0 Å². The zero-order valence-corrected chi connectivity index (χ0v) is 11.0. The standard InChI is InChI=1S/C14H11N3O4/c1-2-20-5-6-21-13-3-4-14(17(18)19)12(8-13)7-11(9-15)10-16/h2-4,7-8H,1,5-6H2. The molecule has 0 spiro atoms. The van der Waals surface area contributed by atoms with Gasteiger partial charge in [0.2, 0.25) is 0 Å². The first-order valence-corrected chi connectivity index (χ1v) is 5.78. The monoisotopic (exact) mass is 285 g/mol. The molecular formula is C14H11N3O4. The quantitative estimate of drug-likeness (QED) is 0.250. The van der Waals surface area contributed by atoms with Gasteiger partial charge < -0.3 is 9.47 Å². The van der Waals surface area contributed by atoms with Crippen molar-refractivity contribution in [2.75, 3.05) is 13.2 Å². The number of allylic oxidation sites excluding steroid dienone is 1. The topological polar surface area (TPSA) is 109 Å². The Labute approximate surface area is 121 Å². The van der Waals surface area contributed by atoms with Crippen molar-refractivity contribution in [3.8, 4) is 17.9 Å². The van der Waals surface area contributed by atoms with Crippen LogP contribution in [0.25, 0.3) is 6.08 Å². The van der Waals surface area contributed by atoms with Crippen molar-refractivity contribution in [2.45, 2.75) is 0 Å². The Morgan fingerprint density at radius 1 is 1.38 bits per heavy atom. The summed E-state index contributed by atoms with van der Waals surface area (Å²) in [5.41, 5.74) is -0.321. The Balaban J connectivity index is 3.05. The molecule has 21 heavy (non-hydrogen) atoms. The molecule has 0 saturated carbocycles. The van der Waals surface area contributed by atoms with Crippen LogP contribution in [0, 0.1) is 32.8 Å². The summed E-state index contributed by atoms with van der Waals surface area (Å²) in [6.07, 6.45) is 2.42. The van der Waals surface area contributed by atoms with Crippen LogP contribution in [0.1, 0.15) is 5.56 Å². The van der Waals surface area contributed by atoms with E-state index in [2.05, 4.69) is 6.58 Å². The molecule has 0 aliphatic carbocycles. The maximum atomic E-state index is 10.9. The van der Waals surface area contributed by atoms with Gasteiger partial charge in [0.05, 0.1) is 16.7 Å². The van der Waals surface area contributed by atoms with E-state index in [1.165, 1.54) is 24.5 Å². The second-order valence-corrected chi connectivity index (χ2v) is 3.65. The van der Waals surface area contributed by atoms with Crippen LogP contribution in [-0.4, -0.2) is 18.1 Å². The molecule has 1 rings (SSSR count). The Bertz CT molecular complexity index is 637. The minimum absolute atomic E-state index is 0.125. The van der Waals surface area contributed by atoms with E-state index in [0.29, 0.717) is 5.75 Å². The first kappa shape index (κ1) is 15.7. The molecule has 7 heteroatoms. The highest BCUT2D eigenvalue weighted by Gasteiger charge is 2.14. The van der Waals surface area contributed by atoms with E-state index in [9.17, 15) is 10.1 Å². The number of nitriles is 2. The van der Waals surface area contributed by atoms with Gasteiger partial charge in [-0.1, -0.05) is 6.58 Å². The summed E-state index contributed by atoms with van der Waals surface area (Å²) in [7, 11) is 0. The predicted molar refractivity (Wildman–Crippen MR) is 73.9 cm³/mol. The number of benzene rings is 1. The average molecular weight is 285 g/mol. The summed E-state index contributed by atoms with van der Waals surface area (Å²) >= 11 is 0. The number of nitro groups is 1. The molecular weight excluding hydrogens is 274 g/mol. The van der Waals surface area contributed by atoms with Gasteiger partial charge in [-0.15, -0.1) is 0 Å². The highest BCUT2D eigenvalue weighted by molar-refractivity contribution is 5.69. The number of ether oxygens (including phenoxy) is 2. The maximum Gasteiger partial charge on any atom is 0.276 e. The fourth-order valence-electron chi connectivity index (χ4n) is 1.44. The summed E-state index contributed by atoms with van der Waals surface area (Å²) < 4.78 is 10.2. The van der Waals surface area contributed by atoms with Crippen LogP contribution >= 0.6 is 0 Å². The van der Waals surface area contributed by atoms with E-state index < -0.39 is 4.92 Å². The van der Waals surface area contributed by atoms with Crippen molar-refractivity contribution in [3.63, 3.8) is 0 Å². The number of hydrogen-bond donors (Lipinski definition) is 0. The number of nitro benzene ring substituents is 1. The van der Waals surface area contributed by atoms with Crippen molar-refractivity contribution in [1.29, 1.82) is 10.5 Å². The molecule has 0 unspecified atom stereocenters. The van der Waals surface area contributed by atoms with Gasteiger partial charge >= 0.3 is 0 Å². The molecule has 0 radical (unpaired) electrons.